The highest BCUT2D eigenvalue weighted by Gasteiger charge is 2.34. The summed E-state index contributed by atoms with van der Waals surface area (Å²) in [6.07, 6.45) is 2.44. The van der Waals surface area contributed by atoms with Gasteiger partial charge in [0, 0.05) is 17.7 Å². The van der Waals surface area contributed by atoms with E-state index in [-0.39, 0.29) is 17.6 Å². The summed E-state index contributed by atoms with van der Waals surface area (Å²) in [7, 11) is 0. The van der Waals surface area contributed by atoms with Gasteiger partial charge in [-0.05, 0) is 42.0 Å². The number of ketones is 1. The first-order chi connectivity index (χ1) is 11.0. The van der Waals surface area contributed by atoms with Gasteiger partial charge in [-0.2, -0.15) is 0 Å². The Hall–Kier alpha value is -2.20. The number of nitrogens with one attached hydrogen (secondary N) is 1. The van der Waals surface area contributed by atoms with Crippen LogP contribution in [0.15, 0.2) is 47.9 Å². The quantitative estimate of drug-likeness (QED) is 0.935. The Bertz CT molecular complexity index is 744. The molecule has 2 unspecified atom stereocenters. The van der Waals surface area contributed by atoms with Crippen molar-refractivity contribution in [3.8, 4) is 0 Å². The number of carbonyl (C=O) groups excluding carboxylic acids is 2. The van der Waals surface area contributed by atoms with Crippen molar-refractivity contribution in [2.24, 2.45) is 0 Å². The maximum absolute atomic E-state index is 12.6. The monoisotopic (exact) mass is 325 g/mol. The standard InChI is InChI=1S/C19H19NO2S/c1-12-5-7-14(8-6-12)15-10-16(18-4-3-9-23-18)19(17(22)11-15)20-13(2)21/h3-9,11,16,19H,10H2,1-2H3,(H,20,21). The second-order valence-corrected chi connectivity index (χ2v) is 6.92. The summed E-state index contributed by atoms with van der Waals surface area (Å²) in [5.41, 5.74) is 3.31. The number of rotatable bonds is 3. The SMILES string of the molecule is CC(=O)NC1C(=O)C=C(c2ccc(C)cc2)CC1c1cccs1. The second kappa shape index (κ2) is 6.50. The lowest BCUT2D eigenvalue weighted by atomic mass is 9.80. The number of aryl methyl sites for hydroxylation is 1. The van der Waals surface area contributed by atoms with Crippen LogP contribution in [0.25, 0.3) is 5.57 Å². The van der Waals surface area contributed by atoms with Gasteiger partial charge < -0.3 is 5.32 Å². The molecule has 2 aromatic rings. The Kier molecular flexibility index (Phi) is 4.44. The van der Waals surface area contributed by atoms with Crippen molar-refractivity contribution < 1.29 is 9.59 Å². The topological polar surface area (TPSA) is 46.2 Å². The summed E-state index contributed by atoms with van der Waals surface area (Å²) in [5, 5.41) is 4.83. The third-order valence-electron chi connectivity index (χ3n) is 4.15. The van der Waals surface area contributed by atoms with E-state index in [1.807, 2.05) is 24.4 Å². The van der Waals surface area contributed by atoms with Gasteiger partial charge in [0.25, 0.3) is 0 Å². The molecule has 0 saturated carbocycles. The first-order valence-electron chi connectivity index (χ1n) is 7.66. The number of thiophene rings is 1. The van der Waals surface area contributed by atoms with E-state index in [1.54, 1.807) is 17.4 Å². The fraction of sp³-hybridized carbons (Fsp3) is 0.263. The summed E-state index contributed by atoms with van der Waals surface area (Å²) in [6.45, 7) is 3.50. The van der Waals surface area contributed by atoms with Crippen molar-refractivity contribution in [1.82, 2.24) is 5.32 Å². The molecule has 118 valence electrons. The average Bonchev–Trinajstić information content (AvgIpc) is 3.03. The molecule has 1 aliphatic carbocycles. The molecule has 2 atom stereocenters. The maximum Gasteiger partial charge on any atom is 0.217 e. The molecule has 1 aromatic heterocycles. The molecule has 1 aromatic carbocycles. The highest BCUT2D eigenvalue weighted by atomic mass is 32.1. The van der Waals surface area contributed by atoms with Gasteiger partial charge in [0.15, 0.2) is 5.78 Å². The van der Waals surface area contributed by atoms with E-state index in [9.17, 15) is 9.59 Å². The van der Waals surface area contributed by atoms with Gasteiger partial charge in [-0.3, -0.25) is 9.59 Å². The number of amides is 1. The number of hydrogen-bond donors (Lipinski definition) is 1. The predicted octanol–water partition coefficient (Wildman–Crippen LogP) is 3.70. The van der Waals surface area contributed by atoms with E-state index < -0.39 is 6.04 Å². The molecule has 0 bridgehead atoms. The first kappa shape index (κ1) is 15.7. The van der Waals surface area contributed by atoms with E-state index in [0.717, 1.165) is 22.4 Å². The number of carbonyl (C=O) groups is 2. The highest BCUT2D eigenvalue weighted by Crippen LogP contribution is 2.38. The zero-order chi connectivity index (χ0) is 16.4. The van der Waals surface area contributed by atoms with Crippen LogP contribution in [0.2, 0.25) is 0 Å². The third kappa shape index (κ3) is 3.42. The molecule has 0 fully saturated rings. The molecule has 0 spiro atoms. The van der Waals surface area contributed by atoms with Gasteiger partial charge in [-0.15, -0.1) is 11.3 Å². The molecule has 0 radical (unpaired) electrons. The molecule has 1 aliphatic rings. The first-order valence-corrected chi connectivity index (χ1v) is 8.54. The van der Waals surface area contributed by atoms with Crippen molar-refractivity contribution >= 4 is 28.6 Å². The lowest BCUT2D eigenvalue weighted by Gasteiger charge is -2.30. The van der Waals surface area contributed by atoms with Crippen molar-refractivity contribution in [2.75, 3.05) is 0 Å². The van der Waals surface area contributed by atoms with Crippen molar-refractivity contribution in [3.63, 3.8) is 0 Å². The van der Waals surface area contributed by atoms with Gasteiger partial charge in [0.1, 0.15) is 0 Å². The molecular weight excluding hydrogens is 306 g/mol. The molecule has 0 saturated heterocycles. The maximum atomic E-state index is 12.6. The molecule has 1 heterocycles. The predicted molar refractivity (Wildman–Crippen MR) is 93.4 cm³/mol. The lowest BCUT2D eigenvalue weighted by molar-refractivity contribution is -0.125. The van der Waals surface area contributed by atoms with E-state index in [2.05, 4.69) is 29.6 Å². The molecule has 1 N–H and O–H groups in total. The summed E-state index contributed by atoms with van der Waals surface area (Å²) in [5.74, 6) is -0.203. The molecule has 3 rings (SSSR count). The fourth-order valence-corrected chi connectivity index (χ4v) is 3.87. The van der Waals surface area contributed by atoms with Crippen molar-refractivity contribution in [2.45, 2.75) is 32.2 Å². The van der Waals surface area contributed by atoms with Gasteiger partial charge in [-0.25, -0.2) is 0 Å². The Balaban J connectivity index is 1.97. The van der Waals surface area contributed by atoms with Crippen LogP contribution in [0.3, 0.4) is 0 Å². The third-order valence-corrected chi connectivity index (χ3v) is 5.16. The molecule has 0 aliphatic heterocycles. The minimum atomic E-state index is -0.472. The second-order valence-electron chi connectivity index (χ2n) is 5.94. The van der Waals surface area contributed by atoms with Crippen LogP contribution in [0.5, 0.6) is 0 Å². The van der Waals surface area contributed by atoms with E-state index >= 15 is 0 Å². The number of hydrogen-bond acceptors (Lipinski definition) is 3. The van der Waals surface area contributed by atoms with Crippen LogP contribution in [-0.4, -0.2) is 17.7 Å². The van der Waals surface area contributed by atoms with Crippen LogP contribution < -0.4 is 5.32 Å². The van der Waals surface area contributed by atoms with Crippen LogP contribution in [0.4, 0.5) is 0 Å². The van der Waals surface area contributed by atoms with E-state index in [1.165, 1.54) is 12.5 Å². The summed E-state index contributed by atoms with van der Waals surface area (Å²) < 4.78 is 0. The summed E-state index contributed by atoms with van der Waals surface area (Å²) in [6, 6.07) is 11.8. The average molecular weight is 325 g/mol. The van der Waals surface area contributed by atoms with Crippen LogP contribution in [0.1, 0.15) is 35.3 Å². The minimum Gasteiger partial charge on any atom is -0.346 e. The Morgan fingerprint density at radius 3 is 2.57 bits per heavy atom. The normalized spacial score (nSPS) is 21.0. The molecule has 1 amide bonds. The van der Waals surface area contributed by atoms with Crippen LogP contribution in [-0.2, 0) is 9.59 Å². The van der Waals surface area contributed by atoms with Crippen LogP contribution >= 0.6 is 11.3 Å². The highest BCUT2D eigenvalue weighted by molar-refractivity contribution is 7.10. The van der Waals surface area contributed by atoms with Gasteiger partial charge >= 0.3 is 0 Å². The largest absolute Gasteiger partial charge is 0.346 e. The minimum absolute atomic E-state index is 0.00676. The number of benzene rings is 1. The van der Waals surface area contributed by atoms with Gasteiger partial charge in [0.2, 0.25) is 5.91 Å². The van der Waals surface area contributed by atoms with E-state index in [4.69, 9.17) is 0 Å². The van der Waals surface area contributed by atoms with Crippen molar-refractivity contribution in [3.05, 3.63) is 63.9 Å². The number of allylic oxidation sites excluding steroid dienone is 1. The lowest BCUT2D eigenvalue weighted by Crippen LogP contribution is -2.45. The Labute approximate surface area is 140 Å². The van der Waals surface area contributed by atoms with Crippen LogP contribution in [0, 0.1) is 6.92 Å². The zero-order valence-corrected chi connectivity index (χ0v) is 14.0. The molecule has 3 nitrogen and oxygen atoms in total. The van der Waals surface area contributed by atoms with Crippen molar-refractivity contribution in [1.29, 1.82) is 0 Å². The summed E-state index contributed by atoms with van der Waals surface area (Å²) in [4.78, 5) is 25.2. The van der Waals surface area contributed by atoms with Gasteiger partial charge in [-0.1, -0.05) is 35.9 Å². The molecule has 23 heavy (non-hydrogen) atoms. The fourth-order valence-electron chi connectivity index (χ4n) is 3.00. The summed E-state index contributed by atoms with van der Waals surface area (Å²) >= 11 is 1.63. The zero-order valence-electron chi connectivity index (χ0n) is 13.2. The van der Waals surface area contributed by atoms with E-state index in [0.29, 0.717) is 0 Å². The smallest absolute Gasteiger partial charge is 0.217 e. The Morgan fingerprint density at radius 1 is 1.22 bits per heavy atom. The van der Waals surface area contributed by atoms with Gasteiger partial charge in [0.05, 0.1) is 6.04 Å². The Morgan fingerprint density at radius 2 is 1.96 bits per heavy atom. The molecular formula is C19H19NO2S. The molecule has 4 heteroatoms.